The molecule has 0 atom stereocenters. The summed E-state index contributed by atoms with van der Waals surface area (Å²) >= 11 is 0. The summed E-state index contributed by atoms with van der Waals surface area (Å²) in [6.07, 6.45) is 5.50. The van der Waals surface area contributed by atoms with E-state index in [1.54, 1.807) is 0 Å². The summed E-state index contributed by atoms with van der Waals surface area (Å²) in [5.74, 6) is 0. The van der Waals surface area contributed by atoms with Crippen molar-refractivity contribution in [3.05, 3.63) is 0 Å². The highest BCUT2D eigenvalue weighted by Gasteiger charge is 2.28. The quantitative estimate of drug-likeness (QED) is 0.750. The first-order chi connectivity index (χ1) is 8.43. The van der Waals surface area contributed by atoms with Crippen molar-refractivity contribution < 1.29 is 0 Å². The smallest absolute Gasteiger partial charge is 0.0261 e. The van der Waals surface area contributed by atoms with Gasteiger partial charge in [0, 0.05) is 45.3 Å². The van der Waals surface area contributed by atoms with Crippen molar-refractivity contribution in [1.29, 1.82) is 0 Å². The number of piperidine rings is 1. The molecule has 3 aliphatic heterocycles. The molecule has 0 bridgehead atoms. The second-order valence-corrected chi connectivity index (χ2v) is 5.63. The Hall–Kier alpha value is -0.160. The predicted molar refractivity (Wildman–Crippen MR) is 69.8 cm³/mol. The maximum absolute atomic E-state index is 3.46. The van der Waals surface area contributed by atoms with Gasteiger partial charge in [-0.1, -0.05) is 0 Å². The third-order valence-corrected chi connectivity index (χ3v) is 4.60. The molecule has 0 aliphatic carbocycles. The minimum atomic E-state index is 0.858. The molecule has 0 saturated carbocycles. The van der Waals surface area contributed by atoms with Crippen LogP contribution in [0.5, 0.6) is 0 Å². The van der Waals surface area contributed by atoms with Crippen LogP contribution in [0, 0.1) is 0 Å². The Morgan fingerprint density at radius 1 is 0.706 bits per heavy atom. The van der Waals surface area contributed by atoms with Crippen molar-refractivity contribution in [2.45, 2.75) is 31.7 Å². The molecule has 17 heavy (non-hydrogen) atoms. The number of nitrogens with one attached hydrogen (secondary N) is 1. The van der Waals surface area contributed by atoms with Gasteiger partial charge in [-0.05, 0) is 38.8 Å². The first kappa shape index (κ1) is 11.9. The lowest BCUT2D eigenvalue weighted by Gasteiger charge is -2.43. The van der Waals surface area contributed by atoms with Crippen LogP contribution in [0.15, 0.2) is 0 Å². The lowest BCUT2D eigenvalue weighted by atomic mass is 10.0. The van der Waals surface area contributed by atoms with Crippen molar-refractivity contribution in [3.63, 3.8) is 0 Å². The molecule has 98 valence electrons. The fourth-order valence-corrected chi connectivity index (χ4v) is 3.51. The number of piperazine rings is 1. The molecule has 3 rings (SSSR count). The third kappa shape index (κ3) is 2.81. The first-order valence-electron chi connectivity index (χ1n) is 7.38. The maximum Gasteiger partial charge on any atom is 0.0261 e. The number of hydrogen-bond acceptors (Lipinski definition) is 4. The second-order valence-electron chi connectivity index (χ2n) is 5.63. The van der Waals surface area contributed by atoms with Crippen molar-refractivity contribution in [3.8, 4) is 0 Å². The maximum atomic E-state index is 3.46. The lowest BCUT2D eigenvalue weighted by molar-refractivity contribution is -0.0507. The molecular weight excluding hydrogens is 212 g/mol. The van der Waals surface area contributed by atoms with Crippen molar-refractivity contribution in [2.24, 2.45) is 0 Å². The van der Waals surface area contributed by atoms with E-state index in [1.807, 2.05) is 0 Å². The average molecular weight is 238 g/mol. The summed E-state index contributed by atoms with van der Waals surface area (Å²) in [6, 6.07) is 0.858. The van der Waals surface area contributed by atoms with Crippen LogP contribution in [-0.2, 0) is 0 Å². The normalized spacial score (nSPS) is 31.1. The molecule has 4 nitrogen and oxygen atoms in total. The Bertz CT molecular complexity index is 226. The first-order valence-corrected chi connectivity index (χ1v) is 7.38. The molecule has 0 aromatic rings. The molecule has 3 fully saturated rings. The Labute approximate surface area is 105 Å². The van der Waals surface area contributed by atoms with E-state index >= 15 is 0 Å². The van der Waals surface area contributed by atoms with E-state index in [1.165, 1.54) is 78.0 Å². The minimum Gasteiger partial charge on any atom is -0.317 e. The Kier molecular flexibility index (Phi) is 3.96. The zero-order valence-corrected chi connectivity index (χ0v) is 10.9. The van der Waals surface area contributed by atoms with Gasteiger partial charge in [0.1, 0.15) is 0 Å². The molecule has 0 amide bonds. The predicted octanol–water partition coefficient (Wildman–Crippen LogP) is 0.367. The van der Waals surface area contributed by atoms with Gasteiger partial charge in [-0.25, -0.2) is 10.0 Å². The van der Waals surface area contributed by atoms with Gasteiger partial charge >= 0.3 is 0 Å². The molecule has 3 heterocycles. The van der Waals surface area contributed by atoms with Crippen molar-refractivity contribution in [2.75, 3.05) is 52.4 Å². The van der Waals surface area contributed by atoms with E-state index in [2.05, 4.69) is 20.2 Å². The molecule has 3 aliphatic rings. The Balaban J connectivity index is 1.46. The second kappa shape index (κ2) is 5.65. The highest BCUT2D eigenvalue weighted by atomic mass is 15.6. The summed E-state index contributed by atoms with van der Waals surface area (Å²) < 4.78 is 0. The van der Waals surface area contributed by atoms with Gasteiger partial charge in [0.05, 0.1) is 0 Å². The highest BCUT2D eigenvalue weighted by Crippen LogP contribution is 2.17. The Morgan fingerprint density at radius 2 is 1.29 bits per heavy atom. The number of hydrazine groups is 1. The fourth-order valence-electron chi connectivity index (χ4n) is 3.51. The van der Waals surface area contributed by atoms with Crippen LogP contribution in [0.25, 0.3) is 0 Å². The van der Waals surface area contributed by atoms with Crippen LogP contribution < -0.4 is 5.32 Å². The summed E-state index contributed by atoms with van der Waals surface area (Å²) in [7, 11) is 0. The third-order valence-electron chi connectivity index (χ3n) is 4.60. The zero-order chi connectivity index (χ0) is 11.5. The van der Waals surface area contributed by atoms with E-state index in [0.717, 1.165) is 6.04 Å². The average Bonchev–Trinajstić information content (AvgIpc) is 2.94. The number of nitrogens with zero attached hydrogens (tertiary/aromatic N) is 3. The van der Waals surface area contributed by atoms with E-state index in [9.17, 15) is 0 Å². The highest BCUT2D eigenvalue weighted by molar-refractivity contribution is 4.82. The molecule has 0 spiro atoms. The summed E-state index contributed by atoms with van der Waals surface area (Å²) in [5, 5.41) is 8.65. The number of rotatable bonds is 2. The molecular formula is C13H26N4. The van der Waals surface area contributed by atoms with Crippen LogP contribution in [0.3, 0.4) is 0 Å². The van der Waals surface area contributed by atoms with E-state index < -0.39 is 0 Å². The van der Waals surface area contributed by atoms with Gasteiger partial charge < -0.3 is 5.32 Å². The zero-order valence-electron chi connectivity index (χ0n) is 10.9. The van der Waals surface area contributed by atoms with E-state index in [-0.39, 0.29) is 0 Å². The SMILES string of the molecule is C1CCN(N2CCN(C3CCNCC3)CC2)C1. The minimum absolute atomic E-state index is 0.858. The van der Waals surface area contributed by atoms with Crippen LogP contribution in [-0.4, -0.2) is 73.3 Å². The van der Waals surface area contributed by atoms with Crippen LogP contribution in [0.2, 0.25) is 0 Å². The summed E-state index contributed by atoms with van der Waals surface area (Å²) in [5.41, 5.74) is 0. The van der Waals surface area contributed by atoms with E-state index in [4.69, 9.17) is 0 Å². The molecule has 0 radical (unpaired) electrons. The van der Waals surface area contributed by atoms with Gasteiger partial charge in [0.15, 0.2) is 0 Å². The molecule has 0 aromatic carbocycles. The number of hydrogen-bond donors (Lipinski definition) is 1. The standard InChI is InChI=1S/C13H26N4/c1-2-8-16(7-1)17-11-9-15(10-12-17)13-3-5-14-6-4-13/h13-14H,1-12H2. The van der Waals surface area contributed by atoms with Gasteiger partial charge in [0.2, 0.25) is 0 Å². The molecule has 4 heteroatoms. The fraction of sp³-hybridized carbons (Fsp3) is 1.00. The van der Waals surface area contributed by atoms with Crippen LogP contribution in [0.1, 0.15) is 25.7 Å². The van der Waals surface area contributed by atoms with Crippen molar-refractivity contribution in [1.82, 2.24) is 20.2 Å². The Morgan fingerprint density at radius 3 is 1.94 bits per heavy atom. The van der Waals surface area contributed by atoms with Crippen molar-refractivity contribution >= 4 is 0 Å². The van der Waals surface area contributed by atoms with Gasteiger partial charge in [0.25, 0.3) is 0 Å². The molecule has 1 N–H and O–H groups in total. The lowest BCUT2D eigenvalue weighted by Crippen LogP contribution is -2.56. The summed E-state index contributed by atoms with van der Waals surface area (Å²) in [6.45, 7) is 10.1. The van der Waals surface area contributed by atoms with Crippen LogP contribution in [0.4, 0.5) is 0 Å². The van der Waals surface area contributed by atoms with E-state index in [0.29, 0.717) is 0 Å². The van der Waals surface area contributed by atoms with Gasteiger partial charge in [-0.2, -0.15) is 0 Å². The molecule has 0 aromatic heterocycles. The molecule has 0 unspecified atom stereocenters. The summed E-state index contributed by atoms with van der Waals surface area (Å²) in [4.78, 5) is 2.73. The monoisotopic (exact) mass is 238 g/mol. The van der Waals surface area contributed by atoms with Crippen LogP contribution >= 0.6 is 0 Å². The topological polar surface area (TPSA) is 21.8 Å². The van der Waals surface area contributed by atoms with Gasteiger partial charge in [-0.3, -0.25) is 4.90 Å². The molecule has 3 saturated heterocycles. The largest absolute Gasteiger partial charge is 0.317 e. The van der Waals surface area contributed by atoms with Gasteiger partial charge in [-0.15, -0.1) is 0 Å².